The van der Waals surface area contributed by atoms with Gasteiger partial charge in [0.15, 0.2) is 0 Å². The summed E-state index contributed by atoms with van der Waals surface area (Å²) in [5.74, 6) is 2.30. The quantitative estimate of drug-likeness (QED) is 0.612. The van der Waals surface area contributed by atoms with Gasteiger partial charge in [-0.25, -0.2) is 0 Å². The van der Waals surface area contributed by atoms with Gasteiger partial charge in [-0.15, -0.1) is 11.8 Å². The largest absolute Gasteiger partial charge is 0.379 e. The molecule has 1 aliphatic rings. The predicted molar refractivity (Wildman–Crippen MR) is 49.6 cm³/mol. The Labute approximate surface area is 71.0 Å². The van der Waals surface area contributed by atoms with E-state index in [1.165, 1.54) is 12.2 Å². The second kappa shape index (κ2) is 3.37. The van der Waals surface area contributed by atoms with E-state index in [0.717, 1.165) is 5.75 Å². The lowest BCUT2D eigenvalue weighted by atomic mass is 10.3. The molecule has 1 nitrogen and oxygen atoms in total. The van der Waals surface area contributed by atoms with Gasteiger partial charge in [-0.05, 0) is 31.8 Å². The van der Waals surface area contributed by atoms with Crippen LogP contribution in [-0.4, -0.2) is 26.8 Å². The zero-order valence-corrected chi connectivity index (χ0v) is 8.10. The molecule has 0 aliphatic carbocycles. The summed E-state index contributed by atoms with van der Waals surface area (Å²) in [6.07, 6.45) is 1.23. The van der Waals surface area contributed by atoms with E-state index in [4.69, 9.17) is 0 Å². The number of rotatable bonds is 0. The van der Waals surface area contributed by atoms with Crippen LogP contribution in [0.2, 0.25) is 0 Å². The summed E-state index contributed by atoms with van der Waals surface area (Å²) >= 11 is 3.56. The van der Waals surface area contributed by atoms with E-state index in [1.807, 2.05) is 18.7 Å². The minimum absolute atomic E-state index is 0.375. The van der Waals surface area contributed by atoms with Crippen molar-refractivity contribution in [3.05, 3.63) is 0 Å². The van der Waals surface area contributed by atoms with Crippen LogP contribution in [0.3, 0.4) is 0 Å². The first kappa shape index (κ1) is 8.75. The second-order valence-corrected chi connectivity index (χ2v) is 5.74. The Morgan fingerprint density at radius 2 is 2.20 bits per heavy atom. The lowest BCUT2D eigenvalue weighted by Crippen LogP contribution is -2.30. The van der Waals surface area contributed by atoms with Crippen molar-refractivity contribution in [2.24, 2.45) is 0 Å². The topological polar surface area (TPSA) is 20.2 Å². The van der Waals surface area contributed by atoms with Crippen LogP contribution < -0.4 is 0 Å². The fraction of sp³-hybridized carbons (Fsp3) is 1.00. The van der Waals surface area contributed by atoms with E-state index in [1.54, 1.807) is 11.8 Å². The number of hydrogen-bond donors (Lipinski definition) is 1. The summed E-state index contributed by atoms with van der Waals surface area (Å²) in [6, 6.07) is 0. The van der Waals surface area contributed by atoms with E-state index in [2.05, 4.69) is 6.92 Å². The van der Waals surface area contributed by atoms with Gasteiger partial charge in [0, 0.05) is 5.25 Å². The molecule has 0 aromatic carbocycles. The van der Waals surface area contributed by atoms with Crippen molar-refractivity contribution in [2.45, 2.75) is 30.5 Å². The lowest BCUT2D eigenvalue weighted by Gasteiger charge is -2.26. The van der Waals surface area contributed by atoms with Gasteiger partial charge in [-0.2, -0.15) is 11.8 Å². The third-order valence-electron chi connectivity index (χ3n) is 1.81. The molecule has 3 heteroatoms. The Hall–Kier alpha value is 0.660. The third kappa shape index (κ3) is 2.07. The molecule has 0 saturated carbocycles. The molecule has 0 aromatic heterocycles. The van der Waals surface area contributed by atoms with Crippen LogP contribution in [0.15, 0.2) is 0 Å². The lowest BCUT2D eigenvalue weighted by molar-refractivity contribution is 0.160. The maximum atomic E-state index is 9.77. The van der Waals surface area contributed by atoms with Gasteiger partial charge < -0.3 is 5.11 Å². The average Bonchev–Trinajstić information content (AvgIpc) is 1.96. The standard InChI is InChI=1S/C7H14OS2/c1-6-7(2,8)10-5-3-4-9-6/h6,8H,3-5H2,1-2H3. The van der Waals surface area contributed by atoms with Crippen LogP contribution in [0, 0.1) is 0 Å². The minimum Gasteiger partial charge on any atom is -0.379 e. The summed E-state index contributed by atoms with van der Waals surface area (Å²) in [6.45, 7) is 4.02. The van der Waals surface area contributed by atoms with Gasteiger partial charge in [-0.1, -0.05) is 0 Å². The molecule has 0 amide bonds. The summed E-state index contributed by atoms with van der Waals surface area (Å²) < 4.78 is 0. The normalized spacial score (nSPS) is 42.9. The zero-order valence-electron chi connectivity index (χ0n) is 6.46. The molecular weight excluding hydrogens is 164 g/mol. The summed E-state index contributed by atoms with van der Waals surface area (Å²) in [5, 5.41) is 10.1. The molecule has 1 N–H and O–H groups in total. The Bertz CT molecular complexity index is 114. The molecule has 2 atom stereocenters. The fourth-order valence-electron chi connectivity index (χ4n) is 0.870. The molecule has 0 aromatic rings. The van der Waals surface area contributed by atoms with E-state index >= 15 is 0 Å². The molecule has 0 spiro atoms. The van der Waals surface area contributed by atoms with Gasteiger partial charge in [0.05, 0.1) is 0 Å². The van der Waals surface area contributed by atoms with Crippen LogP contribution in [0.1, 0.15) is 20.3 Å². The first-order chi connectivity index (χ1) is 4.63. The molecule has 1 saturated heterocycles. The van der Waals surface area contributed by atoms with E-state index < -0.39 is 4.93 Å². The number of aliphatic hydroxyl groups is 1. The molecular formula is C7H14OS2. The molecule has 1 aliphatic heterocycles. The second-order valence-electron chi connectivity index (χ2n) is 2.77. The monoisotopic (exact) mass is 178 g/mol. The van der Waals surface area contributed by atoms with Gasteiger partial charge in [-0.3, -0.25) is 0 Å². The summed E-state index contributed by atoms with van der Waals surface area (Å²) in [7, 11) is 0. The van der Waals surface area contributed by atoms with E-state index in [0.29, 0.717) is 5.25 Å². The molecule has 1 rings (SSSR count). The minimum atomic E-state index is -0.499. The average molecular weight is 178 g/mol. The van der Waals surface area contributed by atoms with Gasteiger partial charge in [0.1, 0.15) is 4.93 Å². The highest BCUT2D eigenvalue weighted by atomic mass is 32.2. The van der Waals surface area contributed by atoms with Gasteiger partial charge >= 0.3 is 0 Å². The number of hydrogen-bond acceptors (Lipinski definition) is 3. The van der Waals surface area contributed by atoms with Crippen molar-refractivity contribution in [1.82, 2.24) is 0 Å². The molecule has 0 bridgehead atoms. The van der Waals surface area contributed by atoms with Crippen molar-refractivity contribution in [3.63, 3.8) is 0 Å². The van der Waals surface area contributed by atoms with Gasteiger partial charge in [0.2, 0.25) is 0 Å². The highest BCUT2D eigenvalue weighted by molar-refractivity contribution is 8.04. The molecule has 0 radical (unpaired) electrons. The fourth-order valence-corrected chi connectivity index (χ4v) is 3.37. The Morgan fingerprint density at radius 1 is 1.50 bits per heavy atom. The number of thioether (sulfide) groups is 2. The molecule has 1 heterocycles. The Kier molecular flexibility index (Phi) is 2.95. The van der Waals surface area contributed by atoms with Crippen molar-refractivity contribution >= 4 is 23.5 Å². The molecule has 1 fully saturated rings. The molecule has 60 valence electrons. The smallest absolute Gasteiger partial charge is 0.119 e. The van der Waals surface area contributed by atoms with E-state index in [9.17, 15) is 5.11 Å². The Balaban J connectivity index is 2.52. The van der Waals surface area contributed by atoms with Crippen LogP contribution in [0.4, 0.5) is 0 Å². The van der Waals surface area contributed by atoms with Crippen molar-refractivity contribution < 1.29 is 5.11 Å². The SMILES string of the molecule is CC1SCCCSC1(C)O. The van der Waals surface area contributed by atoms with Crippen molar-refractivity contribution in [1.29, 1.82) is 0 Å². The van der Waals surface area contributed by atoms with Crippen LogP contribution in [0.5, 0.6) is 0 Å². The highest BCUT2D eigenvalue weighted by Gasteiger charge is 2.30. The van der Waals surface area contributed by atoms with Crippen LogP contribution >= 0.6 is 23.5 Å². The van der Waals surface area contributed by atoms with Crippen molar-refractivity contribution in [3.8, 4) is 0 Å². The maximum Gasteiger partial charge on any atom is 0.119 e. The Morgan fingerprint density at radius 3 is 2.90 bits per heavy atom. The summed E-state index contributed by atoms with van der Waals surface area (Å²) in [4.78, 5) is -0.499. The van der Waals surface area contributed by atoms with Crippen LogP contribution in [0.25, 0.3) is 0 Å². The highest BCUT2D eigenvalue weighted by Crippen LogP contribution is 2.36. The maximum absolute atomic E-state index is 9.77. The zero-order chi connectivity index (χ0) is 7.61. The summed E-state index contributed by atoms with van der Waals surface area (Å²) in [5.41, 5.74) is 0. The molecule has 2 unspecified atom stereocenters. The van der Waals surface area contributed by atoms with Gasteiger partial charge in [0.25, 0.3) is 0 Å². The predicted octanol–water partition coefficient (Wildman–Crippen LogP) is 1.95. The first-order valence-corrected chi connectivity index (χ1v) is 5.64. The van der Waals surface area contributed by atoms with Crippen LogP contribution in [-0.2, 0) is 0 Å². The molecule has 10 heavy (non-hydrogen) atoms. The first-order valence-electron chi connectivity index (χ1n) is 3.61. The van der Waals surface area contributed by atoms with E-state index in [-0.39, 0.29) is 0 Å². The van der Waals surface area contributed by atoms with Crippen molar-refractivity contribution in [2.75, 3.05) is 11.5 Å². The third-order valence-corrected chi connectivity index (χ3v) is 4.87.